The van der Waals surface area contributed by atoms with Crippen molar-refractivity contribution in [3.05, 3.63) is 78.5 Å². The third-order valence-corrected chi connectivity index (χ3v) is 3.84. The molecule has 0 aliphatic carbocycles. The van der Waals surface area contributed by atoms with Crippen LogP contribution >= 0.6 is 0 Å². The lowest BCUT2D eigenvalue weighted by molar-refractivity contribution is 0.206. The van der Waals surface area contributed by atoms with Crippen molar-refractivity contribution >= 4 is 11.7 Å². The highest BCUT2D eigenvalue weighted by Gasteiger charge is 2.17. The van der Waals surface area contributed by atoms with E-state index in [1.54, 1.807) is 6.08 Å². The minimum atomic E-state index is -0.378. The molecule has 0 saturated carbocycles. The van der Waals surface area contributed by atoms with E-state index in [0.29, 0.717) is 17.4 Å². The van der Waals surface area contributed by atoms with Gasteiger partial charge in [0.1, 0.15) is 12.4 Å². The summed E-state index contributed by atoms with van der Waals surface area (Å²) in [5.74, 6) is 0.398. The predicted molar refractivity (Wildman–Crippen MR) is 100 cm³/mol. The lowest BCUT2D eigenvalue weighted by Crippen LogP contribution is -2.34. The number of benzene rings is 2. The average Bonchev–Trinajstić information content (AvgIpc) is 3.12. The second kappa shape index (κ2) is 8.27. The first-order valence-corrected chi connectivity index (χ1v) is 8.37. The third kappa shape index (κ3) is 4.78. The van der Waals surface area contributed by atoms with Gasteiger partial charge in [0.25, 0.3) is 0 Å². The van der Waals surface area contributed by atoms with Gasteiger partial charge < -0.3 is 14.7 Å². The summed E-state index contributed by atoms with van der Waals surface area (Å²) in [6.45, 7) is 6.07. The van der Waals surface area contributed by atoms with Crippen molar-refractivity contribution in [2.24, 2.45) is 0 Å². The number of aromatic nitrogens is 2. The van der Waals surface area contributed by atoms with E-state index in [1.165, 1.54) is 29.2 Å². The molecule has 2 amide bonds. The Morgan fingerprint density at radius 3 is 2.59 bits per heavy atom. The maximum absolute atomic E-state index is 13.0. The second-order valence-corrected chi connectivity index (χ2v) is 5.98. The highest BCUT2D eigenvalue weighted by atomic mass is 19.1. The average molecular weight is 366 g/mol. The molecule has 3 rings (SSSR count). The van der Waals surface area contributed by atoms with Gasteiger partial charge in [-0.25, -0.2) is 9.18 Å². The van der Waals surface area contributed by atoms with Gasteiger partial charge in [-0.15, -0.1) is 6.58 Å². The van der Waals surface area contributed by atoms with Crippen molar-refractivity contribution in [1.82, 2.24) is 15.0 Å². The largest absolute Gasteiger partial charge is 0.337 e. The number of amides is 2. The molecule has 0 atom stereocenters. The van der Waals surface area contributed by atoms with Crippen LogP contribution in [0.25, 0.3) is 11.4 Å². The predicted octanol–water partition coefficient (Wildman–Crippen LogP) is 4.40. The molecular formula is C20H19FN4O2. The third-order valence-electron chi connectivity index (χ3n) is 3.84. The molecule has 27 heavy (non-hydrogen) atoms. The molecule has 0 fully saturated rings. The molecule has 2 aromatic carbocycles. The molecule has 0 bridgehead atoms. The fourth-order valence-corrected chi connectivity index (χ4v) is 2.41. The molecular weight excluding hydrogens is 347 g/mol. The van der Waals surface area contributed by atoms with Crippen LogP contribution in [0.1, 0.15) is 11.5 Å². The summed E-state index contributed by atoms with van der Waals surface area (Å²) in [7, 11) is 0. The Kier molecular flexibility index (Phi) is 5.61. The number of hydrogen-bond donors (Lipinski definition) is 1. The summed E-state index contributed by atoms with van der Waals surface area (Å²) in [5, 5.41) is 6.67. The van der Waals surface area contributed by atoms with E-state index in [9.17, 15) is 9.18 Å². The summed E-state index contributed by atoms with van der Waals surface area (Å²) in [5.41, 5.74) is 2.46. The van der Waals surface area contributed by atoms with E-state index >= 15 is 0 Å². The summed E-state index contributed by atoms with van der Waals surface area (Å²) in [4.78, 5) is 18.3. The van der Waals surface area contributed by atoms with Crippen molar-refractivity contribution in [2.45, 2.75) is 13.5 Å². The Bertz CT molecular complexity index is 920. The molecule has 138 valence electrons. The van der Waals surface area contributed by atoms with Gasteiger partial charge in [-0.05, 0) is 31.2 Å². The summed E-state index contributed by atoms with van der Waals surface area (Å²) in [6, 6.07) is 12.9. The van der Waals surface area contributed by atoms with Crippen LogP contribution in [0.4, 0.5) is 14.9 Å². The van der Waals surface area contributed by atoms with Gasteiger partial charge in [-0.2, -0.15) is 4.98 Å². The minimum Gasteiger partial charge on any atom is -0.337 e. The first-order valence-electron chi connectivity index (χ1n) is 8.37. The van der Waals surface area contributed by atoms with Crippen LogP contribution in [0.2, 0.25) is 0 Å². The second-order valence-electron chi connectivity index (χ2n) is 5.98. The zero-order chi connectivity index (χ0) is 19.2. The normalized spacial score (nSPS) is 10.4. The number of halogens is 1. The van der Waals surface area contributed by atoms with Gasteiger partial charge in [0, 0.05) is 17.8 Å². The summed E-state index contributed by atoms with van der Waals surface area (Å²) < 4.78 is 18.3. The Hall–Kier alpha value is -3.48. The molecule has 0 aliphatic rings. The van der Waals surface area contributed by atoms with E-state index in [1.807, 2.05) is 31.2 Å². The number of urea groups is 1. The van der Waals surface area contributed by atoms with E-state index < -0.39 is 0 Å². The van der Waals surface area contributed by atoms with Crippen LogP contribution in [-0.4, -0.2) is 27.6 Å². The molecule has 0 spiro atoms. The van der Waals surface area contributed by atoms with Crippen molar-refractivity contribution in [1.29, 1.82) is 0 Å². The number of hydrogen-bond acceptors (Lipinski definition) is 4. The van der Waals surface area contributed by atoms with E-state index in [4.69, 9.17) is 4.52 Å². The van der Waals surface area contributed by atoms with Crippen molar-refractivity contribution in [3.8, 4) is 11.4 Å². The number of carbonyl (C=O) groups is 1. The Labute approximate surface area is 156 Å². The van der Waals surface area contributed by atoms with Crippen LogP contribution in [-0.2, 0) is 6.54 Å². The standard InChI is InChI=1S/C20H19FN4O2/c1-3-12-25(20(26)22-17-10-8-16(21)9-11-17)13-18-23-19(24-27-18)15-6-4-14(2)5-7-15/h3-11H,1,12-13H2,2H3,(H,22,26). The Morgan fingerprint density at radius 1 is 1.22 bits per heavy atom. The molecule has 1 N–H and O–H groups in total. The minimum absolute atomic E-state index is 0.123. The van der Waals surface area contributed by atoms with Crippen molar-refractivity contribution in [3.63, 3.8) is 0 Å². The van der Waals surface area contributed by atoms with Crippen molar-refractivity contribution < 1.29 is 13.7 Å². The molecule has 0 unspecified atom stereocenters. The van der Waals surface area contributed by atoms with Gasteiger partial charge >= 0.3 is 6.03 Å². The highest BCUT2D eigenvalue weighted by Crippen LogP contribution is 2.17. The Morgan fingerprint density at radius 2 is 1.93 bits per heavy atom. The molecule has 1 aromatic heterocycles. The fraction of sp³-hybridized carbons (Fsp3) is 0.150. The number of rotatable bonds is 6. The highest BCUT2D eigenvalue weighted by molar-refractivity contribution is 5.89. The molecule has 0 radical (unpaired) electrons. The van der Waals surface area contributed by atoms with E-state index in [0.717, 1.165) is 11.1 Å². The molecule has 7 heteroatoms. The zero-order valence-corrected chi connectivity index (χ0v) is 14.9. The summed E-state index contributed by atoms with van der Waals surface area (Å²) in [6.07, 6.45) is 1.60. The number of aryl methyl sites for hydroxylation is 1. The fourth-order valence-electron chi connectivity index (χ4n) is 2.41. The molecule has 0 saturated heterocycles. The first-order chi connectivity index (χ1) is 13.0. The number of carbonyl (C=O) groups excluding carboxylic acids is 1. The van der Waals surface area contributed by atoms with Crippen molar-refractivity contribution in [2.75, 3.05) is 11.9 Å². The van der Waals surface area contributed by atoms with Crippen LogP contribution in [0, 0.1) is 12.7 Å². The van der Waals surface area contributed by atoms with E-state index in [2.05, 4.69) is 22.0 Å². The van der Waals surface area contributed by atoms with Gasteiger partial charge in [0.15, 0.2) is 0 Å². The monoisotopic (exact) mass is 366 g/mol. The maximum atomic E-state index is 13.0. The SMILES string of the molecule is C=CCN(Cc1nc(-c2ccc(C)cc2)no1)C(=O)Nc1ccc(F)cc1. The molecule has 6 nitrogen and oxygen atoms in total. The smallest absolute Gasteiger partial charge is 0.322 e. The molecule has 3 aromatic rings. The van der Waals surface area contributed by atoms with Crippen LogP contribution in [0.15, 0.2) is 65.7 Å². The molecule has 1 heterocycles. The van der Waals surface area contributed by atoms with Gasteiger partial charge in [-0.1, -0.05) is 41.1 Å². The quantitative estimate of drug-likeness (QED) is 0.656. The number of nitrogens with zero attached hydrogens (tertiary/aromatic N) is 3. The topological polar surface area (TPSA) is 71.3 Å². The van der Waals surface area contributed by atoms with Crippen LogP contribution in [0.5, 0.6) is 0 Å². The Balaban J connectivity index is 1.70. The maximum Gasteiger partial charge on any atom is 0.322 e. The zero-order valence-electron chi connectivity index (χ0n) is 14.9. The number of nitrogens with one attached hydrogen (secondary N) is 1. The van der Waals surface area contributed by atoms with Crippen LogP contribution < -0.4 is 5.32 Å². The molecule has 0 aliphatic heterocycles. The lowest BCUT2D eigenvalue weighted by Gasteiger charge is -2.19. The first kappa shape index (κ1) is 18.3. The summed E-state index contributed by atoms with van der Waals surface area (Å²) >= 11 is 0. The van der Waals surface area contributed by atoms with Gasteiger partial charge in [0.2, 0.25) is 11.7 Å². The lowest BCUT2D eigenvalue weighted by atomic mass is 10.1. The number of anilines is 1. The van der Waals surface area contributed by atoms with Gasteiger partial charge in [-0.3, -0.25) is 0 Å². The van der Waals surface area contributed by atoms with E-state index in [-0.39, 0.29) is 24.9 Å². The van der Waals surface area contributed by atoms with Gasteiger partial charge in [0.05, 0.1) is 0 Å². The van der Waals surface area contributed by atoms with Crippen LogP contribution in [0.3, 0.4) is 0 Å².